The molecular formula is C13H19F3O3. The second-order valence-electron chi connectivity index (χ2n) is 5.01. The van der Waals surface area contributed by atoms with E-state index < -0.39 is 24.5 Å². The van der Waals surface area contributed by atoms with Gasteiger partial charge >= 0.3 is 12.1 Å². The van der Waals surface area contributed by atoms with Gasteiger partial charge in [-0.15, -0.1) is 0 Å². The van der Waals surface area contributed by atoms with Crippen molar-refractivity contribution in [3.63, 3.8) is 0 Å². The zero-order valence-corrected chi connectivity index (χ0v) is 11.0. The summed E-state index contributed by atoms with van der Waals surface area (Å²) in [6.07, 6.45) is -3.00. The van der Waals surface area contributed by atoms with E-state index in [-0.39, 0.29) is 24.5 Å². The molecule has 0 aromatic carbocycles. The lowest BCUT2D eigenvalue weighted by Crippen LogP contribution is -2.29. The Hall–Kier alpha value is -1.07. The molecule has 1 rings (SSSR count). The molecule has 1 unspecified atom stereocenters. The fourth-order valence-electron chi connectivity index (χ4n) is 2.58. The van der Waals surface area contributed by atoms with E-state index in [2.05, 4.69) is 4.74 Å². The van der Waals surface area contributed by atoms with Crippen molar-refractivity contribution >= 4 is 11.8 Å². The van der Waals surface area contributed by atoms with Crippen LogP contribution in [0.15, 0.2) is 0 Å². The van der Waals surface area contributed by atoms with Crippen molar-refractivity contribution in [2.75, 3.05) is 7.11 Å². The molecule has 0 bridgehead atoms. The van der Waals surface area contributed by atoms with Crippen LogP contribution in [0.5, 0.6) is 0 Å². The van der Waals surface area contributed by atoms with Gasteiger partial charge in [0.25, 0.3) is 0 Å². The van der Waals surface area contributed by atoms with Gasteiger partial charge in [-0.1, -0.05) is 0 Å². The molecule has 0 radical (unpaired) electrons. The van der Waals surface area contributed by atoms with Crippen molar-refractivity contribution < 1.29 is 27.5 Å². The summed E-state index contributed by atoms with van der Waals surface area (Å²) in [5.41, 5.74) is 0. The van der Waals surface area contributed by atoms with E-state index in [1.54, 1.807) is 0 Å². The molecule has 0 heterocycles. The predicted molar refractivity (Wildman–Crippen MR) is 62.4 cm³/mol. The minimum atomic E-state index is -4.19. The van der Waals surface area contributed by atoms with Crippen molar-refractivity contribution in [3.8, 4) is 0 Å². The van der Waals surface area contributed by atoms with Crippen molar-refractivity contribution in [3.05, 3.63) is 0 Å². The van der Waals surface area contributed by atoms with E-state index in [9.17, 15) is 22.8 Å². The summed E-state index contributed by atoms with van der Waals surface area (Å²) < 4.78 is 41.0. The second kappa shape index (κ2) is 6.91. The fraction of sp³-hybridized carbons (Fsp3) is 0.846. The van der Waals surface area contributed by atoms with Crippen LogP contribution >= 0.6 is 0 Å². The first-order valence-corrected chi connectivity index (χ1v) is 6.49. The van der Waals surface area contributed by atoms with E-state index in [4.69, 9.17) is 0 Å². The zero-order chi connectivity index (χ0) is 14.5. The lowest BCUT2D eigenvalue weighted by atomic mass is 9.77. The van der Waals surface area contributed by atoms with Crippen molar-refractivity contribution in [2.24, 2.45) is 11.8 Å². The Morgan fingerprint density at radius 3 is 2.42 bits per heavy atom. The van der Waals surface area contributed by atoms with E-state index in [1.165, 1.54) is 7.11 Å². The van der Waals surface area contributed by atoms with Crippen LogP contribution in [0, 0.1) is 11.8 Å². The Balaban J connectivity index is 2.52. The molecule has 0 saturated heterocycles. The highest BCUT2D eigenvalue weighted by atomic mass is 19.4. The van der Waals surface area contributed by atoms with Gasteiger partial charge in [0.05, 0.1) is 13.0 Å². The van der Waals surface area contributed by atoms with Gasteiger partial charge < -0.3 is 4.74 Å². The van der Waals surface area contributed by atoms with Crippen LogP contribution in [0.2, 0.25) is 0 Å². The third kappa shape index (κ3) is 5.61. The van der Waals surface area contributed by atoms with E-state index >= 15 is 0 Å². The van der Waals surface area contributed by atoms with Crippen LogP contribution in [-0.4, -0.2) is 25.0 Å². The Labute approximate surface area is 110 Å². The number of carbonyl (C=O) groups is 2. The summed E-state index contributed by atoms with van der Waals surface area (Å²) in [7, 11) is 1.24. The Morgan fingerprint density at radius 2 is 1.95 bits per heavy atom. The van der Waals surface area contributed by atoms with E-state index in [0.717, 1.165) is 0 Å². The molecule has 19 heavy (non-hydrogen) atoms. The molecule has 6 heteroatoms. The molecule has 0 aromatic heterocycles. The molecule has 0 N–H and O–H groups in total. The topological polar surface area (TPSA) is 43.4 Å². The lowest BCUT2D eigenvalue weighted by molar-refractivity contribution is -0.151. The third-order valence-corrected chi connectivity index (χ3v) is 3.64. The first-order chi connectivity index (χ1) is 8.83. The monoisotopic (exact) mass is 280 g/mol. The highest BCUT2D eigenvalue weighted by Gasteiger charge is 2.33. The molecule has 1 fully saturated rings. The van der Waals surface area contributed by atoms with Crippen molar-refractivity contribution in [1.82, 2.24) is 0 Å². The maximum atomic E-state index is 12.1. The molecular weight excluding hydrogens is 261 g/mol. The molecule has 1 aliphatic carbocycles. The van der Waals surface area contributed by atoms with Gasteiger partial charge in [0.1, 0.15) is 5.78 Å². The van der Waals surface area contributed by atoms with Gasteiger partial charge in [-0.2, -0.15) is 13.2 Å². The number of carbonyl (C=O) groups excluding carboxylic acids is 2. The third-order valence-electron chi connectivity index (χ3n) is 3.64. The number of rotatable bonds is 5. The Morgan fingerprint density at radius 1 is 1.37 bits per heavy atom. The molecule has 3 nitrogen and oxygen atoms in total. The summed E-state index contributed by atoms with van der Waals surface area (Å²) in [5, 5.41) is 0. The number of Topliss-reactive ketones (excluding diaryl/α,β-unsaturated/α-hetero) is 1. The summed E-state index contributed by atoms with van der Waals surface area (Å²) in [4.78, 5) is 22.8. The first kappa shape index (κ1) is 16.0. The first-order valence-electron chi connectivity index (χ1n) is 6.49. The molecule has 0 aromatic rings. The standard InChI is InChI=1S/C13H19F3O3/c1-19-12(18)11(3-2-8-13(14,15)16)9-4-6-10(17)7-5-9/h9,11H,2-8H2,1H3. The molecule has 110 valence electrons. The number of esters is 1. The minimum Gasteiger partial charge on any atom is -0.469 e. The molecule has 0 spiro atoms. The normalized spacial score (nSPS) is 19.3. The number of hydrogen-bond acceptors (Lipinski definition) is 3. The highest BCUT2D eigenvalue weighted by molar-refractivity contribution is 5.79. The molecule has 1 saturated carbocycles. The largest absolute Gasteiger partial charge is 0.469 e. The van der Waals surface area contributed by atoms with Crippen LogP contribution in [0.3, 0.4) is 0 Å². The van der Waals surface area contributed by atoms with Crippen LogP contribution in [0.1, 0.15) is 44.9 Å². The van der Waals surface area contributed by atoms with E-state index in [1.807, 2.05) is 0 Å². The Kier molecular flexibility index (Phi) is 5.82. The maximum Gasteiger partial charge on any atom is 0.389 e. The smallest absolute Gasteiger partial charge is 0.389 e. The van der Waals surface area contributed by atoms with Gasteiger partial charge in [-0.3, -0.25) is 9.59 Å². The number of halogens is 3. The number of ether oxygens (including phenoxy) is 1. The predicted octanol–water partition coefficient (Wildman–Crippen LogP) is 3.27. The fourth-order valence-corrected chi connectivity index (χ4v) is 2.58. The van der Waals surface area contributed by atoms with Gasteiger partial charge in [0.15, 0.2) is 0 Å². The number of ketones is 1. The summed E-state index contributed by atoms with van der Waals surface area (Å²) in [5.74, 6) is -0.837. The summed E-state index contributed by atoms with van der Waals surface area (Å²) in [6.45, 7) is 0. The van der Waals surface area contributed by atoms with Gasteiger partial charge in [-0.25, -0.2) is 0 Å². The summed E-state index contributed by atoms with van der Waals surface area (Å²) in [6, 6.07) is 0. The second-order valence-corrected chi connectivity index (χ2v) is 5.01. The van der Waals surface area contributed by atoms with Crippen LogP contribution in [0.4, 0.5) is 13.2 Å². The highest BCUT2D eigenvalue weighted by Crippen LogP contribution is 2.33. The lowest BCUT2D eigenvalue weighted by Gasteiger charge is -2.28. The number of hydrogen-bond donors (Lipinski definition) is 0. The minimum absolute atomic E-state index is 0.0293. The SMILES string of the molecule is COC(=O)C(CCCC(F)(F)F)C1CCC(=O)CC1. The molecule has 1 aliphatic rings. The quantitative estimate of drug-likeness (QED) is 0.726. The van der Waals surface area contributed by atoms with Gasteiger partial charge in [-0.05, 0) is 31.6 Å². The van der Waals surface area contributed by atoms with Gasteiger partial charge in [0, 0.05) is 19.3 Å². The summed E-state index contributed by atoms with van der Waals surface area (Å²) >= 11 is 0. The zero-order valence-electron chi connectivity index (χ0n) is 11.0. The maximum absolute atomic E-state index is 12.1. The van der Waals surface area contributed by atoms with Crippen LogP contribution < -0.4 is 0 Å². The van der Waals surface area contributed by atoms with Crippen molar-refractivity contribution in [1.29, 1.82) is 0 Å². The average Bonchev–Trinajstić information content (AvgIpc) is 2.34. The van der Waals surface area contributed by atoms with Crippen molar-refractivity contribution in [2.45, 2.75) is 51.1 Å². The molecule has 1 atom stereocenters. The van der Waals surface area contributed by atoms with Gasteiger partial charge in [0.2, 0.25) is 0 Å². The average molecular weight is 280 g/mol. The molecule has 0 aliphatic heterocycles. The molecule has 0 amide bonds. The van der Waals surface area contributed by atoms with Crippen LogP contribution in [0.25, 0.3) is 0 Å². The Bertz CT molecular complexity index is 316. The van der Waals surface area contributed by atoms with Crippen LogP contribution in [-0.2, 0) is 14.3 Å². The number of methoxy groups -OCH3 is 1. The number of alkyl halides is 3. The van der Waals surface area contributed by atoms with E-state index in [0.29, 0.717) is 25.7 Å².